The first kappa shape index (κ1) is 16.4. The molecule has 0 bridgehead atoms. The van der Waals surface area contributed by atoms with Gasteiger partial charge in [-0.25, -0.2) is 0 Å². The Morgan fingerprint density at radius 1 is 1.05 bits per heavy atom. The van der Waals surface area contributed by atoms with E-state index in [9.17, 15) is 0 Å². The Morgan fingerprint density at radius 2 is 1.76 bits per heavy atom. The molecule has 1 aliphatic rings. The van der Waals surface area contributed by atoms with Gasteiger partial charge >= 0.3 is 0 Å². The number of hydrogen-bond donors (Lipinski definition) is 1. The lowest BCUT2D eigenvalue weighted by molar-refractivity contribution is 0.0563. The largest absolute Gasteiger partial charge is 0.394 e. The molecule has 0 saturated carbocycles. The summed E-state index contributed by atoms with van der Waals surface area (Å²) in [6.07, 6.45) is 0. The van der Waals surface area contributed by atoms with Gasteiger partial charge in [0, 0.05) is 39.3 Å². The summed E-state index contributed by atoms with van der Waals surface area (Å²) in [5, 5.41) is 8.67. The molecule has 4 nitrogen and oxygen atoms in total. The Hall–Kier alpha value is -0.940. The van der Waals surface area contributed by atoms with E-state index in [4.69, 9.17) is 9.84 Å². The van der Waals surface area contributed by atoms with Crippen LogP contribution in [0.15, 0.2) is 18.2 Å². The van der Waals surface area contributed by atoms with E-state index in [2.05, 4.69) is 41.8 Å². The van der Waals surface area contributed by atoms with Gasteiger partial charge in [-0.1, -0.05) is 23.8 Å². The maximum absolute atomic E-state index is 8.67. The van der Waals surface area contributed by atoms with Crippen LogP contribution in [0.4, 0.5) is 0 Å². The molecular weight excluding hydrogens is 264 g/mol. The van der Waals surface area contributed by atoms with Crippen LogP contribution in [0.2, 0.25) is 0 Å². The monoisotopic (exact) mass is 292 g/mol. The fraction of sp³-hybridized carbons (Fsp3) is 0.647. The van der Waals surface area contributed by atoms with E-state index >= 15 is 0 Å². The van der Waals surface area contributed by atoms with Crippen molar-refractivity contribution in [2.45, 2.75) is 20.4 Å². The van der Waals surface area contributed by atoms with Gasteiger partial charge in [0.2, 0.25) is 0 Å². The third kappa shape index (κ3) is 5.40. The highest BCUT2D eigenvalue weighted by Crippen LogP contribution is 2.14. The molecule has 1 fully saturated rings. The topological polar surface area (TPSA) is 35.9 Å². The number of benzene rings is 1. The molecule has 0 unspecified atom stereocenters. The van der Waals surface area contributed by atoms with Crippen LogP contribution in [-0.4, -0.2) is 67.5 Å². The standard InChI is InChI=1S/C17H28N2O2/c1-15-3-4-16(2)17(13-15)14-19-7-5-18(6-8-19)9-11-21-12-10-20/h3-4,13,20H,5-12,14H2,1-2H3. The lowest BCUT2D eigenvalue weighted by Crippen LogP contribution is -2.46. The second kappa shape index (κ2) is 8.49. The molecule has 0 atom stereocenters. The van der Waals surface area contributed by atoms with Crippen LogP contribution in [0.3, 0.4) is 0 Å². The number of hydrogen-bond acceptors (Lipinski definition) is 4. The second-order valence-corrected chi connectivity index (χ2v) is 5.88. The average molecular weight is 292 g/mol. The summed E-state index contributed by atoms with van der Waals surface area (Å²) < 4.78 is 5.33. The summed E-state index contributed by atoms with van der Waals surface area (Å²) in [5.74, 6) is 0. The minimum absolute atomic E-state index is 0.115. The van der Waals surface area contributed by atoms with Crippen LogP contribution in [0.5, 0.6) is 0 Å². The average Bonchev–Trinajstić information content (AvgIpc) is 2.49. The van der Waals surface area contributed by atoms with Crippen LogP contribution in [0.1, 0.15) is 16.7 Å². The molecule has 4 heteroatoms. The maximum Gasteiger partial charge on any atom is 0.0698 e. The molecule has 2 rings (SSSR count). The minimum atomic E-state index is 0.115. The van der Waals surface area contributed by atoms with Crippen LogP contribution >= 0.6 is 0 Å². The number of rotatable bonds is 7. The molecule has 0 amide bonds. The van der Waals surface area contributed by atoms with Crippen LogP contribution < -0.4 is 0 Å². The van der Waals surface area contributed by atoms with Crippen LogP contribution in [0, 0.1) is 13.8 Å². The Balaban J connectivity index is 1.72. The number of nitrogens with zero attached hydrogens (tertiary/aromatic N) is 2. The number of aliphatic hydroxyl groups excluding tert-OH is 1. The smallest absolute Gasteiger partial charge is 0.0698 e. The molecule has 1 aromatic rings. The fourth-order valence-electron chi connectivity index (χ4n) is 2.74. The van der Waals surface area contributed by atoms with E-state index in [-0.39, 0.29) is 6.61 Å². The van der Waals surface area contributed by atoms with Gasteiger partial charge < -0.3 is 9.84 Å². The summed E-state index contributed by atoms with van der Waals surface area (Å²) in [4.78, 5) is 4.98. The van der Waals surface area contributed by atoms with Crippen LogP contribution in [-0.2, 0) is 11.3 Å². The van der Waals surface area contributed by atoms with Gasteiger partial charge in [-0.05, 0) is 25.0 Å². The molecule has 1 saturated heterocycles. The first-order chi connectivity index (χ1) is 10.2. The van der Waals surface area contributed by atoms with Gasteiger partial charge in [-0.15, -0.1) is 0 Å². The van der Waals surface area contributed by atoms with Gasteiger partial charge in [-0.2, -0.15) is 0 Å². The van der Waals surface area contributed by atoms with Gasteiger partial charge in [0.05, 0.1) is 19.8 Å². The molecular formula is C17H28N2O2. The van der Waals surface area contributed by atoms with Crippen LogP contribution in [0.25, 0.3) is 0 Å². The zero-order valence-corrected chi connectivity index (χ0v) is 13.3. The maximum atomic E-state index is 8.67. The van der Waals surface area contributed by atoms with Gasteiger partial charge in [-0.3, -0.25) is 9.80 Å². The normalized spacial score (nSPS) is 17.3. The summed E-state index contributed by atoms with van der Waals surface area (Å²) in [6.45, 7) is 12.1. The number of piperazine rings is 1. The van der Waals surface area contributed by atoms with Crippen molar-refractivity contribution >= 4 is 0 Å². The molecule has 0 radical (unpaired) electrons. The molecule has 1 aliphatic heterocycles. The van der Waals surface area contributed by atoms with E-state index in [1.807, 2.05) is 0 Å². The fourth-order valence-corrected chi connectivity index (χ4v) is 2.74. The van der Waals surface area contributed by atoms with E-state index in [0.29, 0.717) is 6.61 Å². The molecule has 0 aliphatic carbocycles. The molecule has 21 heavy (non-hydrogen) atoms. The molecule has 1 aromatic carbocycles. The highest BCUT2D eigenvalue weighted by atomic mass is 16.5. The Labute approximate surface area is 128 Å². The van der Waals surface area contributed by atoms with Crippen molar-refractivity contribution in [3.05, 3.63) is 34.9 Å². The Morgan fingerprint density at radius 3 is 2.48 bits per heavy atom. The lowest BCUT2D eigenvalue weighted by Gasteiger charge is -2.34. The molecule has 1 heterocycles. The van der Waals surface area contributed by atoms with Crippen molar-refractivity contribution in [3.8, 4) is 0 Å². The summed E-state index contributed by atoms with van der Waals surface area (Å²) in [7, 11) is 0. The third-order valence-electron chi connectivity index (χ3n) is 4.15. The second-order valence-electron chi connectivity index (χ2n) is 5.88. The van der Waals surface area contributed by atoms with Gasteiger partial charge in [0.1, 0.15) is 0 Å². The predicted octanol–water partition coefficient (Wildman–Crippen LogP) is 1.43. The van der Waals surface area contributed by atoms with Crippen molar-refractivity contribution in [2.24, 2.45) is 0 Å². The quantitative estimate of drug-likeness (QED) is 0.771. The van der Waals surface area contributed by atoms with Crippen molar-refractivity contribution < 1.29 is 9.84 Å². The first-order valence-corrected chi connectivity index (χ1v) is 7.88. The number of aliphatic hydroxyl groups is 1. The van der Waals surface area contributed by atoms with Crippen molar-refractivity contribution in [2.75, 3.05) is 52.5 Å². The van der Waals surface area contributed by atoms with Gasteiger partial charge in [0.25, 0.3) is 0 Å². The highest BCUT2D eigenvalue weighted by molar-refractivity contribution is 5.30. The predicted molar refractivity (Wildman–Crippen MR) is 85.5 cm³/mol. The van der Waals surface area contributed by atoms with Gasteiger partial charge in [0.15, 0.2) is 0 Å². The highest BCUT2D eigenvalue weighted by Gasteiger charge is 2.17. The van der Waals surface area contributed by atoms with E-state index in [1.54, 1.807) is 0 Å². The summed E-state index contributed by atoms with van der Waals surface area (Å²) in [5.41, 5.74) is 4.19. The summed E-state index contributed by atoms with van der Waals surface area (Å²) >= 11 is 0. The Bertz CT molecular complexity index is 429. The lowest BCUT2D eigenvalue weighted by atomic mass is 10.0. The molecule has 0 aromatic heterocycles. The Kier molecular flexibility index (Phi) is 6.64. The van der Waals surface area contributed by atoms with E-state index in [0.717, 1.165) is 45.9 Å². The number of ether oxygens (including phenoxy) is 1. The van der Waals surface area contributed by atoms with E-state index in [1.165, 1.54) is 16.7 Å². The van der Waals surface area contributed by atoms with Crippen molar-refractivity contribution in [1.82, 2.24) is 9.80 Å². The van der Waals surface area contributed by atoms with Crippen molar-refractivity contribution in [3.63, 3.8) is 0 Å². The minimum Gasteiger partial charge on any atom is -0.394 e. The number of aryl methyl sites for hydroxylation is 2. The zero-order chi connectivity index (χ0) is 15.1. The SMILES string of the molecule is Cc1ccc(C)c(CN2CCN(CCOCCO)CC2)c1. The van der Waals surface area contributed by atoms with Crippen molar-refractivity contribution in [1.29, 1.82) is 0 Å². The molecule has 1 N–H and O–H groups in total. The summed E-state index contributed by atoms with van der Waals surface area (Å²) in [6, 6.07) is 6.72. The first-order valence-electron chi connectivity index (χ1n) is 7.88. The zero-order valence-electron chi connectivity index (χ0n) is 13.3. The third-order valence-corrected chi connectivity index (χ3v) is 4.15. The molecule has 0 spiro atoms. The molecule has 118 valence electrons. The van der Waals surface area contributed by atoms with E-state index < -0.39 is 0 Å².